The molecule has 2 N–H and O–H groups in total. The molecule has 0 heterocycles. The monoisotopic (exact) mass is 314 g/mol. The van der Waals surface area contributed by atoms with Crippen molar-refractivity contribution in [2.75, 3.05) is 45.3 Å². The summed E-state index contributed by atoms with van der Waals surface area (Å²) in [6.45, 7) is 3.64. The topological polar surface area (TPSA) is 69.6 Å². The summed E-state index contributed by atoms with van der Waals surface area (Å²) in [5.41, 5.74) is 0.419. The molecule has 0 aliphatic rings. The molecule has 0 fully saturated rings. The third-order valence-corrected chi connectivity index (χ3v) is 4.42. The van der Waals surface area contributed by atoms with Crippen LogP contribution in [0.2, 0.25) is 0 Å². The molecule has 1 aromatic carbocycles. The second kappa shape index (κ2) is 7.89. The van der Waals surface area contributed by atoms with E-state index >= 15 is 0 Å². The molecule has 0 amide bonds. The minimum absolute atomic E-state index is 0.0476. The molecule has 0 aliphatic heterocycles. The van der Waals surface area contributed by atoms with Gasteiger partial charge >= 0.3 is 0 Å². The van der Waals surface area contributed by atoms with Crippen molar-refractivity contribution in [3.05, 3.63) is 35.9 Å². The molecular weight excluding hydrogens is 288 g/mol. The summed E-state index contributed by atoms with van der Waals surface area (Å²) in [4.78, 5) is 1.94. The summed E-state index contributed by atoms with van der Waals surface area (Å²) in [6, 6.07) is 9.76. The summed E-state index contributed by atoms with van der Waals surface area (Å²) < 4.78 is 22.5. The molecule has 120 valence electrons. The molecule has 1 unspecified atom stereocenters. The van der Waals surface area contributed by atoms with Crippen LogP contribution in [0.4, 0.5) is 0 Å². The fraction of sp³-hybridized carbons (Fsp3) is 0.600. The maximum absolute atomic E-state index is 11.3. The van der Waals surface area contributed by atoms with Gasteiger partial charge in [0.1, 0.15) is 9.84 Å². The van der Waals surface area contributed by atoms with E-state index in [1.165, 1.54) is 6.26 Å². The fourth-order valence-electron chi connectivity index (χ4n) is 2.40. The van der Waals surface area contributed by atoms with Gasteiger partial charge in [-0.3, -0.25) is 0 Å². The molecule has 1 rings (SSSR count). The van der Waals surface area contributed by atoms with Crippen LogP contribution in [0.5, 0.6) is 0 Å². The van der Waals surface area contributed by atoms with Crippen molar-refractivity contribution in [1.29, 1.82) is 0 Å². The van der Waals surface area contributed by atoms with Crippen molar-refractivity contribution in [3.63, 3.8) is 0 Å². The zero-order valence-electron chi connectivity index (χ0n) is 13.0. The molecule has 0 spiro atoms. The highest BCUT2D eigenvalue weighted by molar-refractivity contribution is 7.90. The number of rotatable bonds is 9. The number of sulfone groups is 1. The highest BCUT2D eigenvalue weighted by Crippen LogP contribution is 2.21. The first-order valence-electron chi connectivity index (χ1n) is 7.10. The van der Waals surface area contributed by atoms with Crippen LogP contribution < -0.4 is 5.32 Å². The number of hydrogen-bond donors (Lipinski definition) is 2. The van der Waals surface area contributed by atoms with Gasteiger partial charge < -0.3 is 15.3 Å². The summed E-state index contributed by atoms with van der Waals surface area (Å²) >= 11 is 0. The number of nitrogens with one attached hydrogen (secondary N) is 1. The number of aliphatic hydroxyl groups is 1. The molecule has 0 saturated carbocycles. The molecule has 1 aromatic rings. The molecule has 5 nitrogen and oxygen atoms in total. The maximum atomic E-state index is 11.3. The molecule has 0 bridgehead atoms. The van der Waals surface area contributed by atoms with Crippen molar-refractivity contribution in [2.45, 2.75) is 12.5 Å². The van der Waals surface area contributed by atoms with Crippen LogP contribution in [0.1, 0.15) is 12.5 Å². The Bertz CT molecular complexity index is 519. The zero-order chi connectivity index (χ0) is 15.9. The molecule has 1 atom stereocenters. The largest absolute Gasteiger partial charge is 0.394 e. The second-order valence-electron chi connectivity index (χ2n) is 5.50. The molecule has 21 heavy (non-hydrogen) atoms. The van der Waals surface area contributed by atoms with Gasteiger partial charge in [-0.1, -0.05) is 37.3 Å². The Hall–Kier alpha value is -0.950. The molecule has 0 radical (unpaired) electrons. The van der Waals surface area contributed by atoms with Crippen molar-refractivity contribution >= 4 is 9.84 Å². The first-order chi connectivity index (χ1) is 9.83. The van der Waals surface area contributed by atoms with Gasteiger partial charge in [0.2, 0.25) is 0 Å². The average molecular weight is 314 g/mol. The standard InChI is InChI=1S/C15H26N2O3S/c1-4-16-15(13-18,14-8-6-5-7-9-14)12-17(2)10-11-21(3,19)20/h5-9,16,18H,4,10-13H2,1-3H3. The lowest BCUT2D eigenvalue weighted by Gasteiger charge is -2.37. The van der Waals surface area contributed by atoms with E-state index in [0.717, 1.165) is 12.1 Å². The summed E-state index contributed by atoms with van der Waals surface area (Å²) in [7, 11) is -1.11. The molecular formula is C15H26N2O3S. The highest BCUT2D eigenvalue weighted by atomic mass is 32.2. The second-order valence-corrected chi connectivity index (χ2v) is 7.76. The van der Waals surface area contributed by atoms with Gasteiger partial charge in [0.25, 0.3) is 0 Å². The van der Waals surface area contributed by atoms with Crippen molar-refractivity contribution in [3.8, 4) is 0 Å². The van der Waals surface area contributed by atoms with E-state index in [0.29, 0.717) is 13.1 Å². The SMILES string of the molecule is CCNC(CO)(CN(C)CCS(C)(=O)=O)c1ccccc1. The zero-order valence-corrected chi connectivity index (χ0v) is 13.9. The predicted octanol–water partition coefficient (Wildman–Crippen LogP) is 0.460. The number of benzene rings is 1. The third-order valence-electron chi connectivity index (χ3n) is 3.50. The van der Waals surface area contributed by atoms with Gasteiger partial charge in [-0.2, -0.15) is 0 Å². The quantitative estimate of drug-likeness (QED) is 0.693. The van der Waals surface area contributed by atoms with Crippen LogP contribution in [0, 0.1) is 0 Å². The summed E-state index contributed by atoms with van der Waals surface area (Å²) in [6.07, 6.45) is 1.24. The van der Waals surface area contributed by atoms with Crippen LogP contribution >= 0.6 is 0 Å². The van der Waals surface area contributed by atoms with E-state index in [2.05, 4.69) is 5.32 Å². The van der Waals surface area contributed by atoms with Gasteiger partial charge in [-0.15, -0.1) is 0 Å². The number of nitrogens with zero attached hydrogens (tertiary/aromatic N) is 1. The lowest BCUT2D eigenvalue weighted by Crippen LogP contribution is -2.53. The number of aliphatic hydroxyl groups excluding tert-OH is 1. The molecule has 0 aromatic heterocycles. The van der Waals surface area contributed by atoms with E-state index in [-0.39, 0.29) is 12.4 Å². The summed E-state index contributed by atoms with van der Waals surface area (Å²) in [5, 5.41) is 13.3. The third kappa shape index (κ3) is 5.74. The van der Waals surface area contributed by atoms with Crippen LogP contribution in [0.25, 0.3) is 0 Å². The molecule has 0 saturated heterocycles. The Labute approximate surface area is 127 Å². The van der Waals surface area contributed by atoms with Gasteiger partial charge in [0.15, 0.2) is 0 Å². The van der Waals surface area contributed by atoms with E-state index in [1.54, 1.807) is 0 Å². The molecule has 0 aliphatic carbocycles. The van der Waals surface area contributed by atoms with E-state index < -0.39 is 15.4 Å². The fourth-order valence-corrected chi connectivity index (χ4v) is 3.05. The van der Waals surface area contributed by atoms with E-state index in [4.69, 9.17) is 0 Å². The predicted molar refractivity (Wildman–Crippen MR) is 86.1 cm³/mol. The van der Waals surface area contributed by atoms with Crippen molar-refractivity contribution < 1.29 is 13.5 Å². The van der Waals surface area contributed by atoms with Crippen molar-refractivity contribution in [2.24, 2.45) is 0 Å². The van der Waals surface area contributed by atoms with Crippen LogP contribution in [-0.4, -0.2) is 63.7 Å². The Morgan fingerprint density at radius 2 is 1.90 bits per heavy atom. The minimum Gasteiger partial charge on any atom is -0.394 e. The van der Waals surface area contributed by atoms with Crippen LogP contribution in [-0.2, 0) is 15.4 Å². The van der Waals surface area contributed by atoms with Gasteiger partial charge in [-0.05, 0) is 19.2 Å². The Morgan fingerprint density at radius 3 is 2.38 bits per heavy atom. The van der Waals surface area contributed by atoms with E-state index in [1.807, 2.05) is 49.2 Å². The summed E-state index contributed by atoms with van der Waals surface area (Å²) in [5.74, 6) is 0.117. The number of hydrogen-bond acceptors (Lipinski definition) is 5. The van der Waals surface area contributed by atoms with E-state index in [9.17, 15) is 13.5 Å². The van der Waals surface area contributed by atoms with Crippen LogP contribution in [0.3, 0.4) is 0 Å². The lowest BCUT2D eigenvalue weighted by atomic mass is 9.90. The smallest absolute Gasteiger partial charge is 0.148 e. The van der Waals surface area contributed by atoms with Crippen molar-refractivity contribution in [1.82, 2.24) is 10.2 Å². The van der Waals surface area contributed by atoms with Gasteiger partial charge in [0.05, 0.1) is 17.9 Å². The van der Waals surface area contributed by atoms with Gasteiger partial charge in [-0.25, -0.2) is 8.42 Å². The maximum Gasteiger partial charge on any atom is 0.148 e. The first-order valence-corrected chi connectivity index (χ1v) is 9.17. The Kier molecular flexibility index (Phi) is 6.80. The minimum atomic E-state index is -2.98. The number of likely N-dealkylation sites (N-methyl/N-ethyl adjacent to an activating group) is 2. The first kappa shape index (κ1) is 18.1. The van der Waals surface area contributed by atoms with Gasteiger partial charge in [0, 0.05) is 19.3 Å². The highest BCUT2D eigenvalue weighted by Gasteiger charge is 2.31. The lowest BCUT2D eigenvalue weighted by molar-refractivity contribution is 0.122. The Balaban J connectivity index is 2.88. The Morgan fingerprint density at radius 1 is 1.29 bits per heavy atom. The molecule has 6 heteroatoms. The normalized spacial score (nSPS) is 15.1. The average Bonchev–Trinajstić information content (AvgIpc) is 2.45. The van der Waals surface area contributed by atoms with Crippen LogP contribution in [0.15, 0.2) is 30.3 Å².